The quantitative estimate of drug-likeness (QED) is 0.178. The van der Waals surface area contributed by atoms with Crippen molar-refractivity contribution >= 4 is 46.0 Å². The van der Waals surface area contributed by atoms with E-state index >= 15 is 0 Å². The van der Waals surface area contributed by atoms with Crippen molar-refractivity contribution in [3.8, 4) is 0 Å². The van der Waals surface area contributed by atoms with Gasteiger partial charge in [-0.05, 0) is 29.8 Å². The Hall–Kier alpha value is -1.00. The van der Waals surface area contributed by atoms with Gasteiger partial charge in [0.2, 0.25) is 0 Å². The van der Waals surface area contributed by atoms with Gasteiger partial charge in [0, 0.05) is 11.1 Å². The zero-order valence-corrected chi connectivity index (χ0v) is 20.9. The van der Waals surface area contributed by atoms with E-state index in [4.69, 9.17) is 19.4 Å². The van der Waals surface area contributed by atoms with Crippen molar-refractivity contribution in [2.24, 2.45) is 0 Å². The predicted octanol–water partition coefficient (Wildman–Crippen LogP) is 0.825. The van der Waals surface area contributed by atoms with Crippen LogP contribution in [0, 0.1) is 5.82 Å². The number of phosphoric ester groups is 1. The van der Waals surface area contributed by atoms with Crippen LogP contribution in [0.25, 0.3) is 10.8 Å². The molecule has 2 unspecified atom stereocenters. The first-order valence-electron chi connectivity index (χ1n) is 9.22. The number of hydrogen-bond donors (Lipinski definition) is 6. The van der Waals surface area contributed by atoms with Gasteiger partial charge in [-0.1, -0.05) is 0 Å². The van der Waals surface area contributed by atoms with Crippen molar-refractivity contribution in [3.63, 3.8) is 0 Å². The maximum atomic E-state index is 14.2. The summed E-state index contributed by atoms with van der Waals surface area (Å²) in [4.78, 5) is 48.9. The van der Waals surface area contributed by atoms with Crippen molar-refractivity contribution in [1.82, 2.24) is 4.57 Å². The van der Waals surface area contributed by atoms with Crippen LogP contribution < -0.4 is 5.56 Å². The first kappa shape index (κ1) is 28.6. The van der Waals surface area contributed by atoms with E-state index in [0.717, 1.165) is 22.4 Å². The molecule has 1 aromatic carbocycles. The molecule has 3 rings (SSSR count). The molecule has 0 amide bonds. The molecule has 0 saturated carbocycles. The van der Waals surface area contributed by atoms with Crippen molar-refractivity contribution < 1.29 is 65.8 Å². The first-order chi connectivity index (χ1) is 16.0. The van der Waals surface area contributed by atoms with Crippen molar-refractivity contribution in [3.05, 3.63) is 40.6 Å². The number of aromatic nitrogens is 1. The average Bonchev–Trinajstić information content (AvgIpc) is 2.98. The van der Waals surface area contributed by atoms with Gasteiger partial charge in [-0.3, -0.25) is 13.9 Å². The molecule has 1 fully saturated rings. The van der Waals surface area contributed by atoms with Crippen molar-refractivity contribution in [1.29, 1.82) is 0 Å². The second-order valence-electron chi connectivity index (χ2n) is 7.04. The number of halogens is 1. The lowest BCUT2D eigenvalue weighted by molar-refractivity contribution is -0.0533. The number of hydrogen-bond acceptors (Lipinski definition) is 11. The fourth-order valence-corrected chi connectivity index (χ4v) is 6.71. The molecule has 1 aromatic heterocycles. The van der Waals surface area contributed by atoms with Gasteiger partial charge in [0.05, 0.1) is 12.0 Å². The molecule has 1 aliphatic rings. The Morgan fingerprint density at radius 1 is 1.09 bits per heavy atom. The van der Waals surface area contributed by atoms with Crippen LogP contribution in [-0.4, -0.2) is 65.5 Å². The van der Waals surface area contributed by atoms with Crippen LogP contribution in [-0.2, 0) is 31.6 Å². The Bertz CT molecular complexity index is 1320. The Kier molecular flexibility index (Phi) is 8.49. The molecule has 20 heteroatoms. The fraction of sp³-hybridized carbons (Fsp3) is 0.400. The standard InChI is InChI=1S/C15H19FNO14P3S/c1-35-11-4-7-2-3-17(14(20)8(7)5-9(11)16)15-13(19)12(18)10(29-15)6-28-33(24,25)31-34(26,27)30-32(21,22)23/h2-5,10,12-13,15,18-19H,6H2,1H3,(H,24,25)(H,26,27)(H2,21,22,23)/t10-,12+,13+,15-/m0/s1. The highest BCUT2D eigenvalue weighted by molar-refractivity contribution is 7.98. The predicted molar refractivity (Wildman–Crippen MR) is 116 cm³/mol. The molecule has 196 valence electrons. The molecule has 1 saturated heterocycles. The van der Waals surface area contributed by atoms with Gasteiger partial charge in [0.25, 0.3) is 5.56 Å². The largest absolute Gasteiger partial charge is 0.490 e. The third-order valence-corrected chi connectivity index (χ3v) is 9.19. The van der Waals surface area contributed by atoms with Gasteiger partial charge < -0.3 is 34.5 Å². The molecule has 0 aliphatic carbocycles. The first-order valence-corrected chi connectivity index (χ1v) is 15.0. The second kappa shape index (κ2) is 10.4. The third kappa shape index (κ3) is 6.86. The minimum absolute atomic E-state index is 0.0511. The van der Waals surface area contributed by atoms with E-state index in [-0.39, 0.29) is 5.39 Å². The summed E-state index contributed by atoms with van der Waals surface area (Å²) in [5.41, 5.74) is -0.779. The normalized spacial score (nSPS) is 26.5. The number of ether oxygens (including phenoxy) is 1. The highest BCUT2D eigenvalue weighted by Gasteiger charge is 2.46. The van der Waals surface area contributed by atoms with Crippen LogP contribution in [0.1, 0.15) is 6.23 Å². The van der Waals surface area contributed by atoms with E-state index in [2.05, 4.69) is 13.1 Å². The monoisotopic (exact) mass is 581 g/mol. The molecule has 6 N–H and O–H groups in total. The highest BCUT2D eigenvalue weighted by atomic mass is 32.2. The van der Waals surface area contributed by atoms with Crippen LogP contribution in [0.5, 0.6) is 0 Å². The smallest absolute Gasteiger partial charge is 0.387 e. The fourth-order valence-electron chi connectivity index (χ4n) is 3.18. The van der Waals surface area contributed by atoms with Crippen LogP contribution >= 0.6 is 35.2 Å². The zero-order valence-electron chi connectivity index (χ0n) is 17.4. The number of rotatable bonds is 9. The maximum Gasteiger partial charge on any atom is 0.490 e. The summed E-state index contributed by atoms with van der Waals surface area (Å²) < 4.78 is 65.8. The molecule has 15 nitrogen and oxygen atoms in total. The number of fused-ring (bicyclic) bond motifs is 1. The number of nitrogens with zero attached hydrogens (tertiary/aromatic N) is 1. The molecule has 35 heavy (non-hydrogen) atoms. The maximum absolute atomic E-state index is 14.2. The highest BCUT2D eigenvalue weighted by Crippen LogP contribution is 2.66. The molecule has 2 heterocycles. The lowest BCUT2D eigenvalue weighted by Crippen LogP contribution is -2.35. The second-order valence-corrected chi connectivity index (χ2v) is 12.3. The Balaban J connectivity index is 1.76. The van der Waals surface area contributed by atoms with Crippen molar-refractivity contribution in [2.75, 3.05) is 12.9 Å². The summed E-state index contributed by atoms with van der Waals surface area (Å²) in [6.45, 7) is -1.05. The number of aliphatic hydroxyl groups is 2. The van der Waals surface area contributed by atoms with Gasteiger partial charge in [-0.25, -0.2) is 18.1 Å². The van der Waals surface area contributed by atoms with E-state index in [9.17, 15) is 38.0 Å². The van der Waals surface area contributed by atoms with Gasteiger partial charge in [-0.2, -0.15) is 8.62 Å². The zero-order chi connectivity index (χ0) is 26.3. The summed E-state index contributed by atoms with van der Waals surface area (Å²) in [7, 11) is -16.9. The van der Waals surface area contributed by atoms with Crippen LogP contribution in [0.15, 0.2) is 34.1 Å². The number of pyridine rings is 1. The SMILES string of the molecule is CSc1cc2ccn([C@H]3O[C@@H](COP(=O)(O)OP(=O)(O)OP(=O)(O)O)[C@@H](O)[C@H]3O)c(=O)c2cc1F. The third-order valence-electron chi connectivity index (χ3n) is 4.63. The Morgan fingerprint density at radius 2 is 1.74 bits per heavy atom. The Labute approximate surface area is 199 Å². The van der Waals surface area contributed by atoms with Crippen LogP contribution in [0.3, 0.4) is 0 Å². The number of thioether (sulfide) groups is 1. The van der Waals surface area contributed by atoms with Crippen LogP contribution in [0.4, 0.5) is 4.39 Å². The van der Waals surface area contributed by atoms with E-state index < -0.39 is 66.0 Å². The number of benzene rings is 1. The summed E-state index contributed by atoms with van der Waals surface area (Å²) in [6, 6.07) is 3.90. The van der Waals surface area contributed by atoms with E-state index in [1.54, 1.807) is 6.26 Å². The summed E-state index contributed by atoms with van der Waals surface area (Å²) in [5, 5.41) is 20.9. The minimum atomic E-state index is -5.76. The average molecular weight is 581 g/mol. The van der Waals surface area contributed by atoms with Gasteiger partial charge >= 0.3 is 23.5 Å². The van der Waals surface area contributed by atoms with Crippen LogP contribution in [0.2, 0.25) is 0 Å². The number of aliphatic hydroxyl groups excluding tert-OH is 2. The van der Waals surface area contributed by atoms with E-state index in [0.29, 0.717) is 10.3 Å². The minimum Gasteiger partial charge on any atom is -0.387 e. The lowest BCUT2D eigenvalue weighted by Gasteiger charge is -2.19. The molecule has 0 bridgehead atoms. The molecule has 0 spiro atoms. The molecule has 6 atom stereocenters. The molecular weight excluding hydrogens is 562 g/mol. The topological polar surface area (TPSA) is 232 Å². The molecule has 0 radical (unpaired) electrons. The van der Waals surface area contributed by atoms with E-state index in [1.165, 1.54) is 18.3 Å². The summed E-state index contributed by atoms with van der Waals surface area (Å²) in [6.07, 6.45) is -3.82. The van der Waals surface area contributed by atoms with Gasteiger partial charge in [-0.15, -0.1) is 11.8 Å². The van der Waals surface area contributed by atoms with E-state index in [1.807, 2.05) is 0 Å². The van der Waals surface area contributed by atoms with Gasteiger partial charge in [0.15, 0.2) is 6.23 Å². The summed E-state index contributed by atoms with van der Waals surface area (Å²) >= 11 is 1.13. The lowest BCUT2D eigenvalue weighted by atomic mass is 10.1. The Morgan fingerprint density at radius 3 is 2.34 bits per heavy atom. The summed E-state index contributed by atoms with van der Waals surface area (Å²) in [5.74, 6) is -0.651. The number of phosphoric acid groups is 3. The van der Waals surface area contributed by atoms with Crippen molar-refractivity contribution in [2.45, 2.75) is 29.4 Å². The van der Waals surface area contributed by atoms with Gasteiger partial charge in [0.1, 0.15) is 24.1 Å². The molecule has 2 aromatic rings. The molecular formula is C15H19FNO14P3S. The molecule has 1 aliphatic heterocycles.